The van der Waals surface area contributed by atoms with Gasteiger partial charge in [0.15, 0.2) is 0 Å². The summed E-state index contributed by atoms with van der Waals surface area (Å²) in [6, 6.07) is 5.64. The summed E-state index contributed by atoms with van der Waals surface area (Å²) in [4.78, 5) is 16.9. The van der Waals surface area contributed by atoms with Gasteiger partial charge in [0.05, 0.1) is 6.54 Å². The number of carbonyl (C=O) groups is 1. The molecule has 128 valence electrons. The Morgan fingerprint density at radius 1 is 1.17 bits per heavy atom. The third-order valence-electron chi connectivity index (χ3n) is 4.03. The van der Waals surface area contributed by atoms with Crippen LogP contribution in [0.25, 0.3) is 0 Å². The third kappa shape index (κ3) is 4.34. The minimum atomic E-state index is -0.339. The van der Waals surface area contributed by atoms with Gasteiger partial charge in [-0.2, -0.15) is 0 Å². The highest BCUT2D eigenvalue weighted by atomic mass is 32.1. The zero-order chi connectivity index (χ0) is 16.9. The summed E-state index contributed by atoms with van der Waals surface area (Å²) in [6.07, 6.45) is 0. The molecule has 1 aromatic heterocycles. The molecule has 0 spiro atoms. The van der Waals surface area contributed by atoms with E-state index in [1.165, 1.54) is 35.6 Å². The number of hydrogen-bond acceptors (Lipinski definition) is 6. The SMILES string of the molecule is CCN1CCN(Cc2nnc(C(=O)Nc3ccc(F)cc3)s2)CC1. The van der Waals surface area contributed by atoms with E-state index < -0.39 is 0 Å². The van der Waals surface area contributed by atoms with Gasteiger partial charge in [-0.15, -0.1) is 10.2 Å². The van der Waals surface area contributed by atoms with E-state index >= 15 is 0 Å². The van der Waals surface area contributed by atoms with E-state index in [1.54, 1.807) is 0 Å². The number of nitrogens with one attached hydrogen (secondary N) is 1. The van der Waals surface area contributed by atoms with Crippen molar-refractivity contribution in [1.29, 1.82) is 0 Å². The summed E-state index contributed by atoms with van der Waals surface area (Å²) in [5, 5.41) is 11.9. The molecule has 1 N–H and O–H groups in total. The summed E-state index contributed by atoms with van der Waals surface area (Å²) in [6.45, 7) is 8.11. The zero-order valence-corrected chi connectivity index (χ0v) is 14.4. The van der Waals surface area contributed by atoms with Gasteiger partial charge < -0.3 is 10.2 Å². The van der Waals surface area contributed by atoms with Crippen LogP contribution in [0.5, 0.6) is 0 Å². The van der Waals surface area contributed by atoms with Crippen molar-refractivity contribution in [3.8, 4) is 0 Å². The molecule has 0 atom stereocenters. The van der Waals surface area contributed by atoms with Crippen molar-refractivity contribution in [2.75, 3.05) is 38.0 Å². The number of anilines is 1. The van der Waals surface area contributed by atoms with Gasteiger partial charge in [-0.1, -0.05) is 18.3 Å². The molecule has 8 heteroatoms. The number of halogens is 1. The quantitative estimate of drug-likeness (QED) is 0.895. The van der Waals surface area contributed by atoms with Crippen LogP contribution in [0.2, 0.25) is 0 Å². The molecular weight excluding hydrogens is 329 g/mol. The summed E-state index contributed by atoms with van der Waals surface area (Å²) < 4.78 is 12.9. The molecule has 1 aromatic carbocycles. The summed E-state index contributed by atoms with van der Waals surface area (Å²) in [5.74, 6) is -0.657. The molecule has 0 radical (unpaired) electrons. The molecule has 1 aliphatic heterocycles. The summed E-state index contributed by atoms with van der Waals surface area (Å²) >= 11 is 1.30. The normalized spacial score (nSPS) is 16.2. The van der Waals surface area contributed by atoms with Gasteiger partial charge in [0.2, 0.25) is 5.01 Å². The lowest BCUT2D eigenvalue weighted by Gasteiger charge is -2.33. The predicted molar refractivity (Wildman–Crippen MR) is 91.7 cm³/mol. The van der Waals surface area contributed by atoms with Crippen molar-refractivity contribution < 1.29 is 9.18 Å². The van der Waals surface area contributed by atoms with E-state index in [2.05, 4.69) is 32.2 Å². The Balaban J connectivity index is 1.55. The molecule has 0 unspecified atom stereocenters. The van der Waals surface area contributed by atoms with Gasteiger partial charge in [-0.25, -0.2) is 4.39 Å². The first kappa shape index (κ1) is 16.9. The van der Waals surface area contributed by atoms with Crippen molar-refractivity contribution >= 4 is 22.9 Å². The Kier molecular flexibility index (Phi) is 5.49. The fourth-order valence-electron chi connectivity index (χ4n) is 2.58. The largest absolute Gasteiger partial charge is 0.320 e. The zero-order valence-electron chi connectivity index (χ0n) is 13.5. The molecule has 24 heavy (non-hydrogen) atoms. The van der Waals surface area contributed by atoms with E-state index in [1.807, 2.05) is 0 Å². The number of hydrogen-bond donors (Lipinski definition) is 1. The molecule has 2 heterocycles. The van der Waals surface area contributed by atoms with Crippen LogP contribution in [0, 0.1) is 5.82 Å². The molecule has 0 aliphatic carbocycles. The Morgan fingerprint density at radius 3 is 2.50 bits per heavy atom. The molecule has 1 aliphatic rings. The average Bonchev–Trinajstić information content (AvgIpc) is 3.06. The first-order chi connectivity index (χ1) is 11.6. The highest BCUT2D eigenvalue weighted by Crippen LogP contribution is 2.16. The van der Waals surface area contributed by atoms with Crippen LogP contribution < -0.4 is 5.32 Å². The summed E-state index contributed by atoms with van der Waals surface area (Å²) in [7, 11) is 0. The van der Waals surface area contributed by atoms with Crippen LogP contribution in [0.4, 0.5) is 10.1 Å². The minimum Gasteiger partial charge on any atom is -0.320 e. The Morgan fingerprint density at radius 2 is 1.83 bits per heavy atom. The van der Waals surface area contributed by atoms with E-state index in [-0.39, 0.29) is 11.7 Å². The second-order valence-electron chi connectivity index (χ2n) is 5.67. The maximum absolute atomic E-state index is 12.9. The smallest absolute Gasteiger partial charge is 0.286 e. The lowest BCUT2D eigenvalue weighted by molar-refractivity contribution is 0.102. The fraction of sp³-hybridized carbons (Fsp3) is 0.438. The topological polar surface area (TPSA) is 61.4 Å². The first-order valence-electron chi connectivity index (χ1n) is 7.98. The van der Waals surface area contributed by atoms with E-state index in [9.17, 15) is 9.18 Å². The van der Waals surface area contributed by atoms with E-state index in [0.717, 1.165) is 44.3 Å². The van der Waals surface area contributed by atoms with Crippen LogP contribution in [0.15, 0.2) is 24.3 Å². The standard InChI is InChI=1S/C16H20FN5OS/c1-2-21-7-9-22(10-8-21)11-14-19-20-16(24-14)15(23)18-13-5-3-12(17)4-6-13/h3-6H,2,7-11H2,1H3,(H,18,23). The van der Waals surface area contributed by atoms with Gasteiger partial charge >= 0.3 is 0 Å². The van der Waals surface area contributed by atoms with Crippen LogP contribution in [-0.2, 0) is 6.54 Å². The van der Waals surface area contributed by atoms with Crippen molar-refractivity contribution in [2.24, 2.45) is 0 Å². The second-order valence-corrected chi connectivity index (χ2v) is 6.73. The molecule has 1 fully saturated rings. The van der Waals surface area contributed by atoms with Crippen molar-refractivity contribution in [3.63, 3.8) is 0 Å². The van der Waals surface area contributed by atoms with Crippen molar-refractivity contribution in [3.05, 3.63) is 40.1 Å². The molecular formula is C16H20FN5OS. The van der Waals surface area contributed by atoms with Gasteiger partial charge in [-0.3, -0.25) is 9.69 Å². The van der Waals surface area contributed by atoms with Crippen LogP contribution >= 0.6 is 11.3 Å². The van der Waals surface area contributed by atoms with Crippen molar-refractivity contribution in [2.45, 2.75) is 13.5 Å². The maximum Gasteiger partial charge on any atom is 0.286 e. The lowest BCUT2D eigenvalue weighted by Crippen LogP contribution is -2.45. The van der Waals surface area contributed by atoms with Crippen LogP contribution in [0.3, 0.4) is 0 Å². The number of piperazine rings is 1. The highest BCUT2D eigenvalue weighted by molar-refractivity contribution is 7.13. The maximum atomic E-state index is 12.9. The number of carbonyl (C=O) groups excluding carboxylic acids is 1. The lowest BCUT2D eigenvalue weighted by atomic mass is 10.3. The number of benzene rings is 1. The Hall–Kier alpha value is -1.90. The number of rotatable bonds is 5. The Labute approximate surface area is 144 Å². The average molecular weight is 349 g/mol. The molecule has 6 nitrogen and oxygen atoms in total. The number of likely N-dealkylation sites (N-methyl/N-ethyl adjacent to an activating group) is 1. The second kappa shape index (κ2) is 7.78. The first-order valence-corrected chi connectivity index (χ1v) is 8.79. The monoisotopic (exact) mass is 349 g/mol. The van der Waals surface area contributed by atoms with E-state index in [4.69, 9.17) is 0 Å². The number of amides is 1. The van der Waals surface area contributed by atoms with Gasteiger partial charge in [-0.05, 0) is 30.8 Å². The summed E-state index contributed by atoms with van der Waals surface area (Å²) in [5.41, 5.74) is 0.536. The fourth-order valence-corrected chi connectivity index (χ4v) is 3.36. The predicted octanol–water partition coefficient (Wildman–Crippen LogP) is 2.07. The van der Waals surface area contributed by atoms with Gasteiger partial charge in [0.1, 0.15) is 10.8 Å². The molecule has 3 rings (SSSR count). The highest BCUT2D eigenvalue weighted by Gasteiger charge is 2.19. The van der Waals surface area contributed by atoms with E-state index in [0.29, 0.717) is 10.7 Å². The van der Waals surface area contributed by atoms with Crippen LogP contribution in [0.1, 0.15) is 21.7 Å². The number of nitrogens with zero attached hydrogens (tertiary/aromatic N) is 4. The molecule has 1 amide bonds. The van der Waals surface area contributed by atoms with Gasteiger partial charge in [0, 0.05) is 31.9 Å². The van der Waals surface area contributed by atoms with Crippen LogP contribution in [-0.4, -0.2) is 58.6 Å². The number of aromatic nitrogens is 2. The molecule has 0 saturated carbocycles. The molecule has 2 aromatic rings. The minimum absolute atomic E-state index is 0.318. The molecule has 1 saturated heterocycles. The van der Waals surface area contributed by atoms with Gasteiger partial charge in [0.25, 0.3) is 5.91 Å². The third-order valence-corrected chi connectivity index (χ3v) is 4.94. The Bertz CT molecular complexity index is 682. The van der Waals surface area contributed by atoms with Crippen molar-refractivity contribution in [1.82, 2.24) is 20.0 Å². The molecule has 0 bridgehead atoms.